The van der Waals surface area contributed by atoms with Crippen molar-refractivity contribution in [3.63, 3.8) is 0 Å². The summed E-state index contributed by atoms with van der Waals surface area (Å²) < 4.78 is 0. The molecule has 0 fully saturated rings. The summed E-state index contributed by atoms with van der Waals surface area (Å²) in [6.07, 6.45) is 0.587. The van der Waals surface area contributed by atoms with Crippen LogP contribution in [0.1, 0.15) is 23.7 Å². The van der Waals surface area contributed by atoms with Crippen molar-refractivity contribution in [2.75, 3.05) is 0 Å². The number of H-pyrrole nitrogens is 4. The number of aromatic nitrogens is 4. The van der Waals surface area contributed by atoms with Crippen molar-refractivity contribution in [1.82, 2.24) is 19.9 Å². The summed E-state index contributed by atoms with van der Waals surface area (Å²) in [5, 5.41) is 0. The fourth-order valence-corrected chi connectivity index (χ4v) is 1.79. The highest BCUT2D eigenvalue weighted by molar-refractivity contribution is 5.95. The van der Waals surface area contributed by atoms with Crippen molar-refractivity contribution in [3.8, 4) is 0 Å². The van der Waals surface area contributed by atoms with Gasteiger partial charge in [0.1, 0.15) is 11.2 Å². The summed E-state index contributed by atoms with van der Waals surface area (Å²) in [6.45, 7) is 1.87. The van der Waals surface area contributed by atoms with E-state index in [2.05, 4.69) is 15.0 Å². The zero-order chi connectivity index (χ0) is 16.1. The molecule has 0 aliphatic rings. The van der Waals surface area contributed by atoms with Gasteiger partial charge in [0.15, 0.2) is 5.78 Å². The minimum Gasteiger partial charge on any atom is -0.300 e. The predicted molar refractivity (Wildman–Crippen MR) is 81.2 cm³/mol. The van der Waals surface area contributed by atoms with Crippen LogP contribution < -0.4 is 16.9 Å². The SMILES string of the molecule is CCC(=O)c1ccccc1.O=c1[nH]c(=O)c2[nH]c(=O)[nH]c2[nH]1. The number of carbonyl (C=O) groups excluding carboxylic acids is 1. The van der Waals surface area contributed by atoms with E-state index in [0.29, 0.717) is 6.42 Å². The van der Waals surface area contributed by atoms with E-state index in [1.165, 1.54) is 0 Å². The molecule has 0 atom stereocenters. The van der Waals surface area contributed by atoms with Gasteiger partial charge < -0.3 is 0 Å². The van der Waals surface area contributed by atoms with E-state index in [0.717, 1.165) is 5.56 Å². The van der Waals surface area contributed by atoms with E-state index in [4.69, 9.17) is 0 Å². The van der Waals surface area contributed by atoms with E-state index in [1.54, 1.807) is 0 Å². The lowest BCUT2D eigenvalue weighted by Crippen LogP contribution is -2.21. The molecule has 0 saturated carbocycles. The van der Waals surface area contributed by atoms with Crippen LogP contribution in [0, 0.1) is 0 Å². The number of carbonyl (C=O) groups is 1. The predicted octanol–water partition coefficient (Wildman–Crippen LogP) is 0.512. The lowest BCUT2D eigenvalue weighted by molar-refractivity contribution is 0.0988. The van der Waals surface area contributed by atoms with Gasteiger partial charge in [-0.15, -0.1) is 0 Å². The Kier molecular flexibility index (Phi) is 4.52. The second kappa shape index (κ2) is 6.53. The number of ketones is 1. The van der Waals surface area contributed by atoms with Crippen LogP contribution in [0.25, 0.3) is 11.2 Å². The fourth-order valence-electron chi connectivity index (χ4n) is 1.79. The third-order valence-corrected chi connectivity index (χ3v) is 2.84. The van der Waals surface area contributed by atoms with Gasteiger partial charge in [-0.3, -0.25) is 29.5 Å². The molecule has 0 saturated heterocycles. The number of nitrogens with one attached hydrogen (secondary N) is 4. The van der Waals surface area contributed by atoms with Crippen LogP contribution in [0.4, 0.5) is 0 Å². The van der Waals surface area contributed by atoms with E-state index < -0.39 is 16.9 Å². The first-order valence-corrected chi connectivity index (χ1v) is 6.54. The average molecular weight is 302 g/mol. The van der Waals surface area contributed by atoms with Gasteiger partial charge in [-0.2, -0.15) is 0 Å². The minimum absolute atomic E-state index is 0.0413. The molecule has 114 valence electrons. The molecular weight excluding hydrogens is 288 g/mol. The van der Waals surface area contributed by atoms with Gasteiger partial charge in [-0.05, 0) is 0 Å². The molecule has 0 radical (unpaired) electrons. The van der Waals surface area contributed by atoms with Crippen LogP contribution in [0.15, 0.2) is 44.7 Å². The van der Waals surface area contributed by atoms with Crippen LogP contribution in [0.5, 0.6) is 0 Å². The van der Waals surface area contributed by atoms with Crippen molar-refractivity contribution >= 4 is 16.9 Å². The summed E-state index contributed by atoms with van der Waals surface area (Å²) in [5.74, 6) is 0.209. The largest absolute Gasteiger partial charge is 0.327 e. The second-order valence-electron chi connectivity index (χ2n) is 4.38. The molecule has 1 aromatic carbocycles. The number of benzene rings is 1. The van der Waals surface area contributed by atoms with E-state index in [9.17, 15) is 19.2 Å². The highest BCUT2D eigenvalue weighted by Gasteiger charge is 2.02. The summed E-state index contributed by atoms with van der Waals surface area (Å²) in [4.78, 5) is 52.0. The first-order chi connectivity index (χ1) is 10.5. The molecule has 0 aliphatic carbocycles. The van der Waals surface area contributed by atoms with Crippen LogP contribution in [0.2, 0.25) is 0 Å². The molecular formula is C14H14N4O4. The highest BCUT2D eigenvalue weighted by atomic mass is 16.2. The van der Waals surface area contributed by atoms with Crippen molar-refractivity contribution in [1.29, 1.82) is 0 Å². The molecule has 0 aliphatic heterocycles. The molecule has 0 amide bonds. The number of hydrogen-bond acceptors (Lipinski definition) is 4. The van der Waals surface area contributed by atoms with Gasteiger partial charge >= 0.3 is 11.4 Å². The van der Waals surface area contributed by atoms with Crippen LogP contribution >= 0.6 is 0 Å². The number of fused-ring (bicyclic) bond motifs is 1. The maximum absolute atomic E-state index is 11.0. The van der Waals surface area contributed by atoms with Gasteiger partial charge in [0, 0.05) is 12.0 Å². The fraction of sp³-hybridized carbons (Fsp3) is 0.143. The second-order valence-corrected chi connectivity index (χ2v) is 4.38. The molecule has 0 spiro atoms. The molecule has 2 aromatic heterocycles. The number of hydrogen-bond donors (Lipinski definition) is 4. The molecule has 2 heterocycles. The van der Waals surface area contributed by atoms with Crippen LogP contribution in [-0.4, -0.2) is 25.7 Å². The Labute approximate surface area is 123 Å². The van der Waals surface area contributed by atoms with E-state index >= 15 is 0 Å². The molecule has 4 N–H and O–H groups in total. The summed E-state index contributed by atoms with van der Waals surface area (Å²) in [5.41, 5.74) is -0.842. The number of aromatic amines is 4. The maximum atomic E-state index is 11.0. The minimum atomic E-state index is -0.650. The highest BCUT2D eigenvalue weighted by Crippen LogP contribution is 2.01. The Bertz CT molecular complexity index is 946. The van der Waals surface area contributed by atoms with Crippen molar-refractivity contribution < 1.29 is 4.79 Å². The first kappa shape index (κ1) is 15.2. The number of Topliss-reactive ketones (excluding diaryl/α,β-unsaturated/α-hetero) is 1. The van der Waals surface area contributed by atoms with Gasteiger partial charge in [0.05, 0.1) is 0 Å². The smallest absolute Gasteiger partial charge is 0.300 e. The van der Waals surface area contributed by atoms with E-state index in [-0.39, 0.29) is 16.9 Å². The lowest BCUT2D eigenvalue weighted by atomic mass is 10.1. The Morgan fingerprint density at radius 2 is 1.50 bits per heavy atom. The Morgan fingerprint density at radius 3 is 2.09 bits per heavy atom. The van der Waals surface area contributed by atoms with Crippen molar-refractivity contribution in [3.05, 3.63) is 67.2 Å². The quantitative estimate of drug-likeness (QED) is 0.513. The molecule has 8 heteroatoms. The number of imidazole rings is 1. The first-order valence-electron chi connectivity index (χ1n) is 6.54. The molecule has 22 heavy (non-hydrogen) atoms. The van der Waals surface area contributed by atoms with Crippen LogP contribution in [0.3, 0.4) is 0 Å². The monoisotopic (exact) mass is 302 g/mol. The molecule has 8 nitrogen and oxygen atoms in total. The Morgan fingerprint density at radius 1 is 0.909 bits per heavy atom. The molecule has 3 aromatic rings. The third kappa shape index (κ3) is 3.48. The van der Waals surface area contributed by atoms with Gasteiger partial charge in [0.2, 0.25) is 0 Å². The average Bonchev–Trinajstić information content (AvgIpc) is 2.88. The lowest BCUT2D eigenvalue weighted by Gasteiger charge is -1.93. The zero-order valence-electron chi connectivity index (χ0n) is 11.7. The molecule has 0 bridgehead atoms. The summed E-state index contributed by atoms with van der Waals surface area (Å²) in [7, 11) is 0. The third-order valence-electron chi connectivity index (χ3n) is 2.84. The Balaban J connectivity index is 0.000000164. The molecule has 3 rings (SSSR count). The summed E-state index contributed by atoms with van der Waals surface area (Å²) in [6, 6.07) is 9.34. The maximum Gasteiger partial charge on any atom is 0.327 e. The van der Waals surface area contributed by atoms with E-state index in [1.807, 2.05) is 42.2 Å². The molecule has 0 unspecified atom stereocenters. The van der Waals surface area contributed by atoms with Gasteiger partial charge in [-0.25, -0.2) is 9.59 Å². The van der Waals surface area contributed by atoms with Crippen molar-refractivity contribution in [2.24, 2.45) is 0 Å². The zero-order valence-corrected chi connectivity index (χ0v) is 11.7. The number of rotatable bonds is 2. The normalized spacial score (nSPS) is 10.0. The standard InChI is InChI=1S/C9H10O.C5H4N4O3/c1-2-9(10)8-6-4-3-5-7-8;10-3-1-2(7-4(11)6-1)8-5(12)9-3/h3-7H,2H2,1H3;(H4,6,7,8,9,10,11,12). The van der Waals surface area contributed by atoms with Crippen LogP contribution in [-0.2, 0) is 0 Å². The van der Waals surface area contributed by atoms with Gasteiger partial charge in [-0.1, -0.05) is 37.3 Å². The van der Waals surface area contributed by atoms with Gasteiger partial charge in [0.25, 0.3) is 5.56 Å². The summed E-state index contributed by atoms with van der Waals surface area (Å²) >= 11 is 0. The topological polar surface area (TPSA) is 131 Å². The Hall–Kier alpha value is -3.16. The van der Waals surface area contributed by atoms with Crippen molar-refractivity contribution in [2.45, 2.75) is 13.3 Å².